The lowest BCUT2D eigenvalue weighted by molar-refractivity contribution is -0.142. The van der Waals surface area contributed by atoms with Gasteiger partial charge in [0.2, 0.25) is 0 Å². The number of piperidine rings is 1. The van der Waals surface area contributed by atoms with E-state index in [2.05, 4.69) is 14.9 Å². The molecule has 0 saturated carbocycles. The SMILES string of the molecule is Cc1cccc2c(N3CCC(C(=O)O)CC3)ncnc12. The number of benzene rings is 1. The predicted molar refractivity (Wildman–Crippen MR) is 76.8 cm³/mol. The van der Waals surface area contributed by atoms with Crippen LogP contribution in [0.1, 0.15) is 18.4 Å². The molecule has 0 aliphatic carbocycles. The Balaban J connectivity index is 1.92. The summed E-state index contributed by atoms with van der Waals surface area (Å²) in [4.78, 5) is 21.9. The Hall–Kier alpha value is -2.17. The number of carboxylic acids is 1. The molecule has 0 amide bonds. The van der Waals surface area contributed by atoms with Gasteiger partial charge in [-0.05, 0) is 31.4 Å². The Morgan fingerprint density at radius 1 is 1.30 bits per heavy atom. The average molecular weight is 271 g/mol. The first kappa shape index (κ1) is 12.8. The molecule has 0 atom stereocenters. The van der Waals surface area contributed by atoms with Crippen LogP contribution in [-0.4, -0.2) is 34.1 Å². The molecular weight excluding hydrogens is 254 g/mol. The molecule has 5 nitrogen and oxygen atoms in total. The highest BCUT2D eigenvalue weighted by Gasteiger charge is 2.25. The van der Waals surface area contributed by atoms with Gasteiger partial charge in [0.1, 0.15) is 12.1 Å². The summed E-state index contributed by atoms with van der Waals surface area (Å²) in [6, 6.07) is 6.07. The lowest BCUT2D eigenvalue weighted by Gasteiger charge is -2.31. The second kappa shape index (κ2) is 5.07. The lowest BCUT2D eigenvalue weighted by atomic mass is 9.97. The van der Waals surface area contributed by atoms with Crippen LogP contribution in [0.2, 0.25) is 0 Å². The summed E-state index contributed by atoms with van der Waals surface area (Å²) in [5.74, 6) is 0.0108. The molecule has 0 radical (unpaired) electrons. The van der Waals surface area contributed by atoms with E-state index in [9.17, 15) is 4.79 Å². The summed E-state index contributed by atoms with van der Waals surface area (Å²) in [6.07, 6.45) is 2.94. The number of carboxylic acid groups (broad SMARTS) is 1. The van der Waals surface area contributed by atoms with Crippen molar-refractivity contribution < 1.29 is 9.90 Å². The number of nitrogens with zero attached hydrogens (tertiary/aromatic N) is 3. The van der Waals surface area contributed by atoms with Gasteiger partial charge in [-0.2, -0.15) is 0 Å². The van der Waals surface area contributed by atoms with Crippen molar-refractivity contribution in [2.75, 3.05) is 18.0 Å². The molecule has 1 fully saturated rings. The molecule has 1 saturated heterocycles. The average Bonchev–Trinajstić information content (AvgIpc) is 2.47. The van der Waals surface area contributed by atoms with Gasteiger partial charge in [-0.25, -0.2) is 9.97 Å². The third-order valence-corrected chi connectivity index (χ3v) is 3.99. The lowest BCUT2D eigenvalue weighted by Crippen LogP contribution is -2.36. The molecule has 20 heavy (non-hydrogen) atoms. The van der Waals surface area contributed by atoms with E-state index in [0.29, 0.717) is 12.8 Å². The molecule has 0 unspecified atom stereocenters. The molecule has 3 rings (SSSR count). The number of para-hydroxylation sites is 1. The van der Waals surface area contributed by atoms with Crippen LogP contribution in [0.4, 0.5) is 5.82 Å². The van der Waals surface area contributed by atoms with Crippen LogP contribution < -0.4 is 4.90 Å². The number of fused-ring (bicyclic) bond motifs is 1. The minimum absolute atomic E-state index is 0.221. The monoisotopic (exact) mass is 271 g/mol. The van der Waals surface area contributed by atoms with E-state index in [0.717, 1.165) is 35.4 Å². The van der Waals surface area contributed by atoms with Crippen molar-refractivity contribution >= 4 is 22.7 Å². The van der Waals surface area contributed by atoms with Crippen molar-refractivity contribution in [1.82, 2.24) is 9.97 Å². The molecule has 2 aromatic rings. The van der Waals surface area contributed by atoms with Crippen molar-refractivity contribution in [3.05, 3.63) is 30.1 Å². The fourth-order valence-electron chi connectivity index (χ4n) is 2.81. The topological polar surface area (TPSA) is 66.3 Å². The van der Waals surface area contributed by atoms with Crippen LogP contribution in [0.15, 0.2) is 24.5 Å². The number of rotatable bonds is 2. The van der Waals surface area contributed by atoms with Gasteiger partial charge in [-0.15, -0.1) is 0 Å². The first-order valence-electron chi connectivity index (χ1n) is 6.85. The fraction of sp³-hybridized carbons (Fsp3) is 0.400. The van der Waals surface area contributed by atoms with Gasteiger partial charge < -0.3 is 10.0 Å². The van der Waals surface area contributed by atoms with Crippen molar-refractivity contribution in [2.45, 2.75) is 19.8 Å². The summed E-state index contributed by atoms with van der Waals surface area (Å²) in [5, 5.41) is 10.1. The number of aryl methyl sites for hydroxylation is 1. The van der Waals surface area contributed by atoms with Gasteiger partial charge in [-0.1, -0.05) is 12.1 Å². The van der Waals surface area contributed by atoms with E-state index in [4.69, 9.17) is 5.11 Å². The van der Waals surface area contributed by atoms with Crippen molar-refractivity contribution in [3.8, 4) is 0 Å². The Morgan fingerprint density at radius 2 is 2.05 bits per heavy atom. The Kier molecular flexibility index (Phi) is 3.26. The highest BCUT2D eigenvalue weighted by molar-refractivity contribution is 5.91. The van der Waals surface area contributed by atoms with Crippen molar-refractivity contribution in [1.29, 1.82) is 0 Å². The molecule has 0 bridgehead atoms. The molecule has 0 spiro atoms. The maximum Gasteiger partial charge on any atom is 0.306 e. The van der Waals surface area contributed by atoms with Crippen LogP contribution in [0.3, 0.4) is 0 Å². The number of carbonyl (C=O) groups is 1. The first-order chi connectivity index (χ1) is 9.66. The van der Waals surface area contributed by atoms with E-state index < -0.39 is 5.97 Å². The molecule has 1 aromatic carbocycles. The van der Waals surface area contributed by atoms with Crippen LogP contribution in [0.25, 0.3) is 10.9 Å². The number of hydrogen-bond donors (Lipinski definition) is 1. The first-order valence-corrected chi connectivity index (χ1v) is 6.85. The third kappa shape index (κ3) is 2.19. The Morgan fingerprint density at radius 3 is 2.75 bits per heavy atom. The predicted octanol–water partition coefficient (Wildman–Crippen LogP) is 2.24. The van der Waals surface area contributed by atoms with E-state index in [1.165, 1.54) is 0 Å². The van der Waals surface area contributed by atoms with Crippen molar-refractivity contribution in [3.63, 3.8) is 0 Å². The molecule has 1 aliphatic heterocycles. The molecule has 5 heteroatoms. The number of anilines is 1. The maximum absolute atomic E-state index is 11.0. The smallest absolute Gasteiger partial charge is 0.306 e. The van der Waals surface area contributed by atoms with Crippen LogP contribution in [0, 0.1) is 12.8 Å². The largest absolute Gasteiger partial charge is 0.481 e. The van der Waals surface area contributed by atoms with Crippen molar-refractivity contribution in [2.24, 2.45) is 5.92 Å². The normalized spacial score (nSPS) is 16.6. The summed E-state index contributed by atoms with van der Waals surface area (Å²) in [6.45, 7) is 3.50. The van der Waals surface area contributed by atoms with Gasteiger partial charge >= 0.3 is 5.97 Å². The zero-order chi connectivity index (χ0) is 14.1. The fourth-order valence-corrected chi connectivity index (χ4v) is 2.81. The molecule has 1 aliphatic rings. The van der Waals surface area contributed by atoms with Crippen LogP contribution in [0.5, 0.6) is 0 Å². The maximum atomic E-state index is 11.0. The number of hydrogen-bond acceptors (Lipinski definition) is 4. The standard InChI is InChI=1S/C15H17N3O2/c1-10-3-2-4-12-13(10)16-9-17-14(12)18-7-5-11(6-8-18)15(19)20/h2-4,9,11H,5-8H2,1H3,(H,19,20). The molecular formula is C15H17N3O2. The molecule has 1 N–H and O–H groups in total. The van der Waals surface area contributed by atoms with Gasteiger partial charge in [0.25, 0.3) is 0 Å². The summed E-state index contributed by atoms with van der Waals surface area (Å²) < 4.78 is 0. The van der Waals surface area contributed by atoms with Crippen LogP contribution >= 0.6 is 0 Å². The Labute approximate surface area is 117 Å². The second-order valence-electron chi connectivity index (χ2n) is 5.27. The second-order valence-corrected chi connectivity index (χ2v) is 5.27. The summed E-state index contributed by atoms with van der Waals surface area (Å²) in [7, 11) is 0. The third-order valence-electron chi connectivity index (χ3n) is 3.99. The summed E-state index contributed by atoms with van der Waals surface area (Å²) >= 11 is 0. The number of aliphatic carboxylic acids is 1. The van der Waals surface area contributed by atoms with E-state index >= 15 is 0 Å². The van der Waals surface area contributed by atoms with E-state index in [1.807, 2.05) is 25.1 Å². The highest BCUT2D eigenvalue weighted by atomic mass is 16.4. The van der Waals surface area contributed by atoms with Gasteiger partial charge in [0.15, 0.2) is 0 Å². The zero-order valence-corrected chi connectivity index (χ0v) is 11.4. The van der Waals surface area contributed by atoms with Gasteiger partial charge in [0, 0.05) is 18.5 Å². The quantitative estimate of drug-likeness (QED) is 0.907. The van der Waals surface area contributed by atoms with E-state index in [1.54, 1.807) is 6.33 Å². The molecule has 1 aromatic heterocycles. The van der Waals surface area contributed by atoms with E-state index in [-0.39, 0.29) is 5.92 Å². The molecule has 104 valence electrons. The zero-order valence-electron chi connectivity index (χ0n) is 11.4. The minimum Gasteiger partial charge on any atom is -0.481 e. The molecule has 2 heterocycles. The number of aromatic nitrogens is 2. The highest BCUT2D eigenvalue weighted by Crippen LogP contribution is 2.28. The van der Waals surface area contributed by atoms with Crippen LogP contribution in [-0.2, 0) is 4.79 Å². The van der Waals surface area contributed by atoms with Gasteiger partial charge in [0.05, 0.1) is 11.4 Å². The van der Waals surface area contributed by atoms with Gasteiger partial charge in [-0.3, -0.25) is 4.79 Å². The minimum atomic E-state index is -0.687. The Bertz CT molecular complexity index is 649. The summed E-state index contributed by atoms with van der Waals surface area (Å²) in [5.41, 5.74) is 2.10.